The molecule has 0 N–H and O–H groups in total. The maximum absolute atomic E-state index is 12.9. The third kappa shape index (κ3) is 4.46. The van der Waals surface area contributed by atoms with Gasteiger partial charge in [0.15, 0.2) is 5.69 Å². The fourth-order valence-corrected chi connectivity index (χ4v) is 3.51. The maximum Gasteiger partial charge on any atom is 0.276 e. The minimum Gasteiger partial charge on any atom is -0.376 e. The van der Waals surface area contributed by atoms with Crippen LogP contribution >= 0.6 is 0 Å². The summed E-state index contributed by atoms with van der Waals surface area (Å²) in [5.41, 5.74) is 2.39. The number of amides is 1. The number of hydrogen-bond donors (Lipinski definition) is 0. The van der Waals surface area contributed by atoms with E-state index in [1.54, 1.807) is 6.20 Å². The largest absolute Gasteiger partial charge is 0.376 e. The summed E-state index contributed by atoms with van der Waals surface area (Å²) in [5.74, 6) is 0.292. The number of carbonyl (C=O) groups excluding carboxylic acids is 1. The van der Waals surface area contributed by atoms with Crippen LogP contribution in [0.25, 0.3) is 5.69 Å². The Hall–Kier alpha value is -2.99. The molecule has 1 atom stereocenters. The minimum atomic E-state index is -0.0602. The van der Waals surface area contributed by atoms with Gasteiger partial charge in [0.05, 0.1) is 25.1 Å². The van der Waals surface area contributed by atoms with Crippen LogP contribution < -0.4 is 0 Å². The van der Waals surface area contributed by atoms with Crippen LogP contribution in [-0.4, -0.2) is 45.5 Å². The summed E-state index contributed by atoms with van der Waals surface area (Å²) in [4.78, 5) is 16.2. The second kappa shape index (κ2) is 8.80. The molecule has 6 nitrogen and oxygen atoms in total. The minimum absolute atomic E-state index is 0.0602. The van der Waals surface area contributed by atoms with Gasteiger partial charge in [-0.3, -0.25) is 4.79 Å². The highest BCUT2D eigenvalue weighted by Gasteiger charge is 2.26. The van der Waals surface area contributed by atoms with E-state index in [2.05, 4.69) is 22.3 Å². The molecule has 4 rings (SSSR count). The lowest BCUT2D eigenvalue weighted by Crippen LogP contribution is -2.41. The van der Waals surface area contributed by atoms with E-state index in [0.717, 1.165) is 25.1 Å². The molecule has 2 aromatic carbocycles. The molecule has 0 spiro atoms. The number of likely N-dealkylation sites (tertiary alicyclic amines) is 1. The molecule has 1 aliphatic heterocycles. The molecule has 0 radical (unpaired) electrons. The number of benzene rings is 2. The first-order valence-electron chi connectivity index (χ1n) is 9.68. The van der Waals surface area contributed by atoms with Crippen LogP contribution in [0, 0.1) is 5.92 Å². The van der Waals surface area contributed by atoms with Crippen molar-refractivity contribution >= 4 is 5.91 Å². The van der Waals surface area contributed by atoms with Gasteiger partial charge in [-0.05, 0) is 36.5 Å². The van der Waals surface area contributed by atoms with Crippen molar-refractivity contribution in [3.63, 3.8) is 0 Å². The zero-order valence-electron chi connectivity index (χ0n) is 15.8. The smallest absolute Gasteiger partial charge is 0.276 e. The first-order valence-corrected chi connectivity index (χ1v) is 9.68. The normalized spacial score (nSPS) is 16.9. The summed E-state index contributed by atoms with van der Waals surface area (Å²) in [6.45, 7) is 2.73. The van der Waals surface area contributed by atoms with E-state index in [1.807, 2.05) is 53.4 Å². The van der Waals surface area contributed by atoms with E-state index >= 15 is 0 Å². The fourth-order valence-electron chi connectivity index (χ4n) is 3.51. The van der Waals surface area contributed by atoms with Gasteiger partial charge in [0.1, 0.15) is 0 Å². The number of aromatic nitrogens is 3. The van der Waals surface area contributed by atoms with Crippen LogP contribution in [0.4, 0.5) is 0 Å². The molecule has 2 heterocycles. The van der Waals surface area contributed by atoms with Crippen LogP contribution in [-0.2, 0) is 11.3 Å². The van der Waals surface area contributed by atoms with Gasteiger partial charge >= 0.3 is 0 Å². The van der Waals surface area contributed by atoms with Gasteiger partial charge in [0.2, 0.25) is 0 Å². The zero-order valence-corrected chi connectivity index (χ0v) is 15.8. The van der Waals surface area contributed by atoms with Gasteiger partial charge in [-0.25, -0.2) is 0 Å². The number of carbonyl (C=O) groups is 1. The standard InChI is InChI=1S/C22H24N4O2/c27-22(21-14-23-26(24-21)20-11-5-2-6-12-20)25-13-7-10-19(15-25)17-28-16-18-8-3-1-4-9-18/h1-6,8-9,11-12,14,19H,7,10,13,15-17H2/t19-/m1/s1. The lowest BCUT2D eigenvalue weighted by Gasteiger charge is -2.32. The molecule has 0 bridgehead atoms. The monoisotopic (exact) mass is 376 g/mol. The predicted molar refractivity (Wildman–Crippen MR) is 106 cm³/mol. The Labute approximate surface area is 164 Å². The highest BCUT2D eigenvalue weighted by Crippen LogP contribution is 2.19. The van der Waals surface area contributed by atoms with Crippen molar-refractivity contribution in [2.45, 2.75) is 19.4 Å². The summed E-state index contributed by atoms with van der Waals surface area (Å²) >= 11 is 0. The number of hydrogen-bond acceptors (Lipinski definition) is 4. The number of piperidine rings is 1. The number of ether oxygens (including phenoxy) is 1. The summed E-state index contributed by atoms with van der Waals surface area (Å²) in [6, 6.07) is 19.8. The SMILES string of the molecule is O=C(c1cnn(-c2ccccc2)n1)N1CCC[C@@H](COCc2ccccc2)C1. The molecule has 1 saturated heterocycles. The molecule has 1 aromatic heterocycles. The van der Waals surface area contributed by atoms with E-state index in [9.17, 15) is 4.79 Å². The van der Waals surface area contributed by atoms with Crippen molar-refractivity contribution < 1.29 is 9.53 Å². The third-order valence-electron chi connectivity index (χ3n) is 4.97. The maximum atomic E-state index is 12.9. The first-order chi connectivity index (χ1) is 13.8. The Balaban J connectivity index is 1.32. The van der Waals surface area contributed by atoms with Crippen molar-refractivity contribution in [1.82, 2.24) is 19.9 Å². The number of nitrogens with zero attached hydrogens (tertiary/aromatic N) is 4. The van der Waals surface area contributed by atoms with E-state index in [4.69, 9.17) is 4.74 Å². The Morgan fingerprint density at radius 3 is 2.61 bits per heavy atom. The van der Waals surface area contributed by atoms with Crippen LogP contribution in [0.15, 0.2) is 66.9 Å². The van der Waals surface area contributed by atoms with Gasteiger partial charge in [-0.2, -0.15) is 9.90 Å². The topological polar surface area (TPSA) is 60.2 Å². The molecular weight excluding hydrogens is 352 g/mol. The fraction of sp³-hybridized carbons (Fsp3) is 0.318. The zero-order chi connectivity index (χ0) is 19.2. The van der Waals surface area contributed by atoms with E-state index < -0.39 is 0 Å². The van der Waals surface area contributed by atoms with Crippen molar-refractivity contribution in [2.24, 2.45) is 5.92 Å². The average Bonchev–Trinajstić information content (AvgIpc) is 3.25. The molecular formula is C22H24N4O2. The van der Waals surface area contributed by atoms with Gasteiger partial charge in [-0.15, -0.1) is 5.10 Å². The molecule has 144 valence electrons. The van der Waals surface area contributed by atoms with Crippen molar-refractivity contribution in [1.29, 1.82) is 0 Å². The Kier molecular flexibility index (Phi) is 5.77. The van der Waals surface area contributed by atoms with Crippen LogP contribution in [0.5, 0.6) is 0 Å². The first kappa shape index (κ1) is 18.4. The van der Waals surface area contributed by atoms with Crippen molar-refractivity contribution in [3.05, 3.63) is 78.1 Å². The molecule has 1 amide bonds. The lowest BCUT2D eigenvalue weighted by molar-refractivity contribution is 0.0422. The number of para-hydroxylation sites is 1. The predicted octanol–water partition coefficient (Wildman–Crippen LogP) is 3.34. The molecule has 3 aromatic rings. The van der Waals surface area contributed by atoms with Crippen molar-refractivity contribution in [2.75, 3.05) is 19.7 Å². The second-order valence-electron chi connectivity index (χ2n) is 7.11. The Bertz CT molecular complexity index is 895. The van der Waals surface area contributed by atoms with Crippen molar-refractivity contribution in [3.8, 4) is 5.69 Å². The summed E-state index contributed by atoms with van der Waals surface area (Å²) in [5, 5.41) is 8.60. The van der Waals surface area contributed by atoms with Crippen LogP contribution in [0.1, 0.15) is 28.9 Å². The molecule has 1 aliphatic rings. The summed E-state index contributed by atoms with van der Waals surface area (Å²) < 4.78 is 5.88. The van der Waals surface area contributed by atoms with Crippen LogP contribution in [0.3, 0.4) is 0 Å². The third-order valence-corrected chi connectivity index (χ3v) is 4.97. The van der Waals surface area contributed by atoms with Gasteiger partial charge in [0, 0.05) is 13.1 Å². The van der Waals surface area contributed by atoms with Gasteiger partial charge < -0.3 is 9.64 Å². The second-order valence-corrected chi connectivity index (χ2v) is 7.11. The molecule has 1 fully saturated rings. The van der Waals surface area contributed by atoms with Gasteiger partial charge in [0.25, 0.3) is 5.91 Å². The highest BCUT2D eigenvalue weighted by molar-refractivity contribution is 5.92. The molecule has 28 heavy (non-hydrogen) atoms. The molecule has 6 heteroatoms. The Morgan fingerprint density at radius 2 is 1.82 bits per heavy atom. The Morgan fingerprint density at radius 1 is 1.07 bits per heavy atom. The van der Waals surface area contributed by atoms with E-state index in [1.165, 1.54) is 10.4 Å². The lowest BCUT2D eigenvalue weighted by atomic mass is 9.98. The molecule has 0 unspecified atom stereocenters. The number of rotatable bonds is 6. The van der Waals surface area contributed by atoms with Crippen LogP contribution in [0.2, 0.25) is 0 Å². The van der Waals surface area contributed by atoms with E-state index in [-0.39, 0.29) is 5.91 Å². The molecule has 0 saturated carbocycles. The highest BCUT2D eigenvalue weighted by atomic mass is 16.5. The summed E-state index contributed by atoms with van der Waals surface area (Å²) in [6.07, 6.45) is 3.61. The average molecular weight is 376 g/mol. The van der Waals surface area contributed by atoms with E-state index in [0.29, 0.717) is 31.4 Å². The van der Waals surface area contributed by atoms with Gasteiger partial charge in [-0.1, -0.05) is 48.5 Å². The quantitative estimate of drug-likeness (QED) is 0.662. The summed E-state index contributed by atoms with van der Waals surface area (Å²) in [7, 11) is 0. The molecule has 0 aliphatic carbocycles.